The molecule has 0 unspecified atom stereocenters. The summed E-state index contributed by atoms with van der Waals surface area (Å²) in [6, 6.07) is 0.611. The predicted molar refractivity (Wildman–Crippen MR) is 66.3 cm³/mol. The van der Waals surface area contributed by atoms with Gasteiger partial charge in [-0.15, -0.1) is 0 Å². The molecule has 1 N–H and O–H groups in total. The second-order valence-corrected chi connectivity index (χ2v) is 5.03. The number of rotatable bonds is 5. The lowest BCUT2D eigenvalue weighted by atomic mass is 10.0. The molecule has 0 spiro atoms. The van der Waals surface area contributed by atoms with Gasteiger partial charge in [-0.05, 0) is 38.3 Å². The molecule has 0 atom stereocenters. The van der Waals surface area contributed by atoms with E-state index in [-0.39, 0.29) is 0 Å². The fourth-order valence-electron chi connectivity index (χ4n) is 1.94. The van der Waals surface area contributed by atoms with Crippen LogP contribution in [0.15, 0.2) is 0 Å². The molecule has 0 aromatic heterocycles. The van der Waals surface area contributed by atoms with Gasteiger partial charge in [0.25, 0.3) is 0 Å². The predicted octanol–water partition coefficient (Wildman–Crippen LogP) is 1.34. The Morgan fingerprint density at radius 1 is 1.47 bits per heavy atom. The Balaban J connectivity index is 2.18. The lowest BCUT2D eigenvalue weighted by Crippen LogP contribution is -2.43. The minimum Gasteiger partial charge on any atom is -0.343 e. The second kappa shape index (κ2) is 7.12. The van der Waals surface area contributed by atoms with E-state index in [1.54, 1.807) is 0 Å². The van der Waals surface area contributed by atoms with Crippen LogP contribution < -0.4 is 5.32 Å². The van der Waals surface area contributed by atoms with E-state index in [1.807, 2.05) is 23.7 Å². The minimum absolute atomic E-state index is 0.346. The summed E-state index contributed by atoms with van der Waals surface area (Å²) >= 11 is 1.81. The smallest absolute Gasteiger partial charge is 0.222 e. The van der Waals surface area contributed by atoms with Crippen molar-refractivity contribution in [2.24, 2.45) is 0 Å². The summed E-state index contributed by atoms with van der Waals surface area (Å²) in [6.07, 6.45) is 6.04. The van der Waals surface area contributed by atoms with Crippen molar-refractivity contribution in [3.05, 3.63) is 0 Å². The summed E-state index contributed by atoms with van der Waals surface area (Å²) < 4.78 is 0. The van der Waals surface area contributed by atoms with Gasteiger partial charge in [0.1, 0.15) is 0 Å². The maximum Gasteiger partial charge on any atom is 0.222 e. The zero-order valence-corrected chi connectivity index (χ0v) is 10.6. The average molecular weight is 230 g/mol. The first-order valence-electron chi connectivity index (χ1n) is 5.72. The second-order valence-electron chi connectivity index (χ2n) is 4.04. The monoisotopic (exact) mass is 230 g/mol. The maximum atomic E-state index is 11.8. The molecule has 3 nitrogen and oxygen atoms in total. The van der Waals surface area contributed by atoms with Gasteiger partial charge in [0.15, 0.2) is 0 Å². The molecule has 1 aliphatic heterocycles. The van der Waals surface area contributed by atoms with Crippen LogP contribution in [0, 0.1) is 0 Å². The molecule has 0 aliphatic carbocycles. The SMILES string of the molecule is CNC1CCN(C(=O)CCCSC)CC1. The number of hydrogen-bond donors (Lipinski definition) is 1. The van der Waals surface area contributed by atoms with E-state index in [1.165, 1.54) is 0 Å². The first kappa shape index (κ1) is 12.8. The molecule has 4 heteroatoms. The molecular weight excluding hydrogens is 208 g/mol. The summed E-state index contributed by atoms with van der Waals surface area (Å²) in [7, 11) is 2.00. The Bertz CT molecular complexity index is 191. The summed E-state index contributed by atoms with van der Waals surface area (Å²) in [5.74, 6) is 1.44. The van der Waals surface area contributed by atoms with Gasteiger partial charge in [-0.3, -0.25) is 4.79 Å². The van der Waals surface area contributed by atoms with Gasteiger partial charge in [0, 0.05) is 25.6 Å². The van der Waals surface area contributed by atoms with Crippen LogP contribution in [-0.2, 0) is 4.79 Å². The molecule has 1 rings (SSSR count). The molecule has 0 saturated carbocycles. The molecular formula is C11H22N2OS. The molecule has 0 aromatic rings. The van der Waals surface area contributed by atoms with Crippen molar-refractivity contribution < 1.29 is 4.79 Å². The van der Waals surface area contributed by atoms with Crippen LogP contribution in [0.4, 0.5) is 0 Å². The Hall–Kier alpha value is -0.220. The third kappa shape index (κ3) is 4.43. The number of nitrogens with one attached hydrogen (secondary N) is 1. The van der Waals surface area contributed by atoms with Crippen LogP contribution in [0.2, 0.25) is 0 Å². The van der Waals surface area contributed by atoms with Crippen molar-refractivity contribution in [1.82, 2.24) is 10.2 Å². The number of carbonyl (C=O) groups excluding carboxylic acids is 1. The number of piperidine rings is 1. The quantitative estimate of drug-likeness (QED) is 0.723. The Labute approximate surface area is 97.0 Å². The molecule has 1 saturated heterocycles. The van der Waals surface area contributed by atoms with Gasteiger partial charge >= 0.3 is 0 Å². The number of nitrogens with zero attached hydrogens (tertiary/aromatic N) is 1. The van der Waals surface area contributed by atoms with Crippen molar-refractivity contribution in [2.75, 3.05) is 32.1 Å². The van der Waals surface area contributed by atoms with Crippen molar-refractivity contribution in [1.29, 1.82) is 0 Å². The molecule has 0 radical (unpaired) electrons. The molecule has 15 heavy (non-hydrogen) atoms. The van der Waals surface area contributed by atoms with Crippen molar-refractivity contribution >= 4 is 17.7 Å². The van der Waals surface area contributed by atoms with Gasteiger partial charge < -0.3 is 10.2 Å². The minimum atomic E-state index is 0.346. The van der Waals surface area contributed by atoms with Gasteiger partial charge in [0.2, 0.25) is 5.91 Å². The Morgan fingerprint density at radius 3 is 2.67 bits per heavy atom. The third-order valence-corrected chi connectivity index (χ3v) is 3.69. The molecule has 88 valence electrons. The summed E-state index contributed by atoms with van der Waals surface area (Å²) in [5.41, 5.74) is 0. The zero-order chi connectivity index (χ0) is 11.1. The molecule has 0 bridgehead atoms. The summed E-state index contributed by atoms with van der Waals surface area (Å²) in [4.78, 5) is 13.8. The highest BCUT2D eigenvalue weighted by Gasteiger charge is 2.20. The molecule has 1 heterocycles. The van der Waals surface area contributed by atoms with E-state index in [0.29, 0.717) is 11.9 Å². The van der Waals surface area contributed by atoms with Crippen molar-refractivity contribution in [3.63, 3.8) is 0 Å². The number of likely N-dealkylation sites (tertiary alicyclic amines) is 1. The van der Waals surface area contributed by atoms with E-state index in [9.17, 15) is 4.79 Å². The number of hydrogen-bond acceptors (Lipinski definition) is 3. The number of carbonyl (C=O) groups is 1. The van der Waals surface area contributed by atoms with Crippen molar-refractivity contribution in [2.45, 2.75) is 31.7 Å². The van der Waals surface area contributed by atoms with Gasteiger partial charge in [0.05, 0.1) is 0 Å². The van der Waals surface area contributed by atoms with E-state index >= 15 is 0 Å². The zero-order valence-electron chi connectivity index (χ0n) is 9.79. The Kier molecular flexibility index (Phi) is 6.10. The van der Waals surface area contributed by atoms with Gasteiger partial charge in [-0.1, -0.05) is 0 Å². The van der Waals surface area contributed by atoms with Crippen LogP contribution >= 0.6 is 11.8 Å². The topological polar surface area (TPSA) is 32.3 Å². The normalized spacial score (nSPS) is 18.1. The van der Waals surface area contributed by atoms with E-state index in [4.69, 9.17) is 0 Å². The number of amides is 1. The first-order valence-corrected chi connectivity index (χ1v) is 7.11. The lowest BCUT2D eigenvalue weighted by molar-refractivity contribution is -0.132. The lowest BCUT2D eigenvalue weighted by Gasteiger charge is -2.31. The van der Waals surface area contributed by atoms with Gasteiger partial charge in [-0.2, -0.15) is 11.8 Å². The van der Waals surface area contributed by atoms with E-state index < -0.39 is 0 Å². The largest absolute Gasteiger partial charge is 0.343 e. The molecule has 1 fully saturated rings. The van der Waals surface area contributed by atoms with Crippen LogP contribution in [0.25, 0.3) is 0 Å². The molecule has 0 aromatic carbocycles. The summed E-state index contributed by atoms with van der Waals surface area (Å²) in [6.45, 7) is 1.87. The third-order valence-electron chi connectivity index (χ3n) is 3.00. The van der Waals surface area contributed by atoms with Crippen LogP contribution in [0.5, 0.6) is 0 Å². The van der Waals surface area contributed by atoms with Crippen LogP contribution in [0.3, 0.4) is 0 Å². The summed E-state index contributed by atoms with van der Waals surface area (Å²) in [5, 5.41) is 3.27. The fraction of sp³-hybridized carbons (Fsp3) is 0.909. The van der Waals surface area contributed by atoms with Gasteiger partial charge in [-0.25, -0.2) is 0 Å². The average Bonchev–Trinajstić information content (AvgIpc) is 2.29. The first-order chi connectivity index (χ1) is 7.27. The highest BCUT2D eigenvalue weighted by Crippen LogP contribution is 2.12. The number of thioether (sulfide) groups is 1. The van der Waals surface area contributed by atoms with Crippen LogP contribution in [-0.4, -0.2) is 49.0 Å². The highest BCUT2D eigenvalue weighted by molar-refractivity contribution is 7.98. The highest BCUT2D eigenvalue weighted by atomic mass is 32.2. The standard InChI is InChI=1S/C11H22N2OS/c1-12-10-5-7-13(8-6-10)11(14)4-3-9-15-2/h10,12H,3-9H2,1-2H3. The van der Waals surface area contributed by atoms with Crippen molar-refractivity contribution in [3.8, 4) is 0 Å². The van der Waals surface area contributed by atoms with Crippen LogP contribution in [0.1, 0.15) is 25.7 Å². The van der Waals surface area contributed by atoms with E-state index in [0.717, 1.165) is 44.5 Å². The molecule has 1 amide bonds. The van der Waals surface area contributed by atoms with E-state index in [2.05, 4.69) is 11.6 Å². The maximum absolute atomic E-state index is 11.8. The Morgan fingerprint density at radius 2 is 2.13 bits per heavy atom. The fourth-order valence-corrected chi connectivity index (χ4v) is 2.38. The molecule has 1 aliphatic rings.